The van der Waals surface area contributed by atoms with Crippen molar-refractivity contribution in [2.75, 3.05) is 4.72 Å². The van der Waals surface area contributed by atoms with E-state index in [1.807, 2.05) is 0 Å². The first-order valence-corrected chi connectivity index (χ1v) is 10.9. The van der Waals surface area contributed by atoms with Gasteiger partial charge in [-0.1, -0.05) is 44.5 Å². The summed E-state index contributed by atoms with van der Waals surface area (Å²) in [5, 5.41) is 0.341. The van der Waals surface area contributed by atoms with E-state index in [0.29, 0.717) is 10.6 Å². The Bertz CT molecular complexity index is 1140. The van der Waals surface area contributed by atoms with E-state index in [0.717, 1.165) is 5.56 Å². The SMILES string of the molecule is CC(C)(C)c1ccc(S(=O)(=O)Nc2ccc(Cl)cc2C(=O)c2cc[nH+]cc2)cc1. The van der Waals surface area contributed by atoms with Crippen LogP contribution in [0.25, 0.3) is 0 Å². The number of carbonyl (C=O) groups excluding carboxylic acids is 1. The van der Waals surface area contributed by atoms with Gasteiger partial charge in [0.2, 0.25) is 0 Å². The molecule has 0 aliphatic carbocycles. The molecule has 1 aromatic heterocycles. The topological polar surface area (TPSA) is 77.4 Å². The molecule has 0 saturated carbocycles. The van der Waals surface area contributed by atoms with Gasteiger partial charge in [-0.25, -0.2) is 13.4 Å². The molecule has 0 spiro atoms. The third-order valence-corrected chi connectivity index (χ3v) is 6.10. The number of benzene rings is 2. The van der Waals surface area contributed by atoms with Gasteiger partial charge in [-0.2, -0.15) is 0 Å². The van der Waals surface area contributed by atoms with Gasteiger partial charge in [-0.15, -0.1) is 0 Å². The van der Waals surface area contributed by atoms with Gasteiger partial charge in [0, 0.05) is 28.3 Å². The highest BCUT2D eigenvalue weighted by molar-refractivity contribution is 7.92. The zero-order chi connectivity index (χ0) is 21.2. The maximum absolute atomic E-state index is 12.9. The predicted molar refractivity (Wildman–Crippen MR) is 114 cm³/mol. The molecule has 3 aromatic rings. The molecule has 0 aliphatic rings. The summed E-state index contributed by atoms with van der Waals surface area (Å²) in [5.41, 5.74) is 1.71. The number of hydrogen-bond acceptors (Lipinski definition) is 3. The number of anilines is 1. The maximum atomic E-state index is 12.9. The second-order valence-electron chi connectivity index (χ2n) is 7.69. The third kappa shape index (κ3) is 4.83. The summed E-state index contributed by atoms with van der Waals surface area (Å²) in [4.78, 5) is 15.9. The number of pyridine rings is 1. The van der Waals surface area contributed by atoms with E-state index in [2.05, 4.69) is 30.5 Å². The van der Waals surface area contributed by atoms with E-state index < -0.39 is 10.0 Å². The van der Waals surface area contributed by atoms with Gasteiger partial charge in [0.1, 0.15) is 0 Å². The van der Waals surface area contributed by atoms with Crippen LogP contribution >= 0.6 is 11.6 Å². The van der Waals surface area contributed by atoms with Crippen molar-refractivity contribution >= 4 is 33.1 Å². The van der Waals surface area contributed by atoms with Gasteiger partial charge in [0.25, 0.3) is 10.0 Å². The number of H-pyrrole nitrogens is 1. The summed E-state index contributed by atoms with van der Waals surface area (Å²) >= 11 is 6.06. The summed E-state index contributed by atoms with van der Waals surface area (Å²) in [6.07, 6.45) is 3.25. The highest BCUT2D eigenvalue weighted by Gasteiger charge is 2.21. The molecule has 29 heavy (non-hydrogen) atoms. The number of hydrogen-bond donors (Lipinski definition) is 1. The van der Waals surface area contributed by atoms with Crippen molar-refractivity contribution in [3.05, 3.63) is 88.7 Å². The quantitative estimate of drug-likeness (QED) is 0.607. The van der Waals surface area contributed by atoms with Gasteiger partial charge >= 0.3 is 0 Å². The molecule has 0 aliphatic heterocycles. The highest BCUT2D eigenvalue weighted by atomic mass is 35.5. The molecule has 0 saturated heterocycles. The molecule has 0 bridgehead atoms. The van der Waals surface area contributed by atoms with E-state index in [-0.39, 0.29) is 27.3 Å². The minimum atomic E-state index is -3.88. The van der Waals surface area contributed by atoms with Crippen molar-refractivity contribution in [3.63, 3.8) is 0 Å². The van der Waals surface area contributed by atoms with Crippen LogP contribution in [0.15, 0.2) is 71.9 Å². The van der Waals surface area contributed by atoms with Gasteiger partial charge in [0.15, 0.2) is 18.2 Å². The van der Waals surface area contributed by atoms with Crippen molar-refractivity contribution in [1.29, 1.82) is 0 Å². The minimum Gasteiger partial charge on any atom is -0.289 e. The van der Waals surface area contributed by atoms with Crippen molar-refractivity contribution < 1.29 is 18.2 Å². The first-order valence-electron chi connectivity index (χ1n) is 9.02. The first-order chi connectivity index (χ1) is 13.6. The highest BCUT2D eigenvalue weighted by Crippen LogP contribution is 2.27. The largest absolute Gasteiger partial charge is 0.289 e. The van der Waals surface area contributed by atoms with Crippen LogP contribution in [0.3, 0.4) is 0 Å². The Balaban J connectivity index is 1.96. The molecule has 0 radical (unpaired) electrons. The van der Waals surface area contributed by atoms with Crippen LogP contribution in [0.4, 0.5) is 5.69 Å². The first kappa shape index (κ1) is 21.0. The number of carbonyl (C=O) groups is 1. The molecule has 0 unspecified atom stereocenters. The Morgan fingerprint density at radius 1 is 0.966 bits per heavy atom. The van der Waals surface area contributed by atoms with Crippen molar-refractivity contribution in [2.45, 2.75) is 31.1 Å². The van der Waals surface area contributed by atoms with E-state index in [1.165, 1.54) is 18.2 Å². The molecule has 0 fully saturated rings. The van der Waals surface area contributed by atoms with Crippen LogP contribution in [0.2, 0.25) is 5.02 Å². The summed E-state index contributed by atoms with van der Waals surface area (Å²) in [6, 6.07) is 14.4. The molecule has 3 rings (SSSR count). The van der Waals surface area contributed by atoms with Crippen LogP contribution in [0.1, 0.15) is 42.3 Å². The summed E-state index contributed by atoms with van der Waals surface area (Å²) < 4.78 is 28.3. The molecule has 0 amide bonds. The van der Waals surface area contributed by atoms with Gasteiger partial charge in [0.05, 0.1) is 10.6 Å². The normalized spacial score (nSPS) is 11.9. The van der Waals surface area contributed by atoms with Gasteiger partial charge in [-0.05, 0) is 41.3 Å². The fourth-order valence-electron chi connectivity index (χ4n) is 2.82. The standard InChI is InChI=1S/C22H21ClN2O3S/c1-22(2,3)16-4-7-18(8-5-16)29(27,28)25-20-9-6-17(23)14-19(20)21(26)15-10-12-24-13-11-15/h4-14,25H,1-3H3/p+1. The average Bonchev–Trinajstić information content (AvgIpc) is 2.69. The van der Waals surface area contributed by atoms with Gasteiger partial charge < -0.3 is 0 Å². The molecule has 7 heteroatoms. The molecule has 5 nitrogen and oxygen atoms in total. The molecular formula is C22H22ClN2O3S+. The lowest BCUT2D eigenvalue weighted by Gasteiger charge is -2.19. The smallest absolute Gasteiger partial charge is 0.261 e. The van der Waals surface area contributed by atoms with Crippen molar-refractivity contribution in [3.8, 4) is 0 Å². The summed E-state index contributed by atoms with van der Waals surface area (Å²) in [5.74, 6) is -0.331. The number of sulfonamides is 1. The van der Waals surface area contributed by atoms with Crippen molar-refractivity contribution in [1.82, 2.24) is 0 Å². The number of aromatic nitrogens is 1. The molecule has 2 N–H and O–H groups in total. The predicted octanol–water partition coefficient (Wildman–Crippen LogP) is 4.48. The zero-order valence-electron chi connectivity index (χ0n) is 16.4. The molecule has 0 atom stereocenters. The Labute approximate surface area is 175 Å². The average molecular weight is 430 g/mol. The Morgan fingerprint density at radius 3 is 2.17 bits per heavy atom. The number of nitrogens with one attached hydrogen (secondary N) is 2. The van der Waals surface area contributed by atoms with E-state index >= 15 is 0 Å². The number of halogens is 1. The minimum absolute atomic E-state index is 0.0847. The number of rotatable bonds is 5. The Morgan fingerprint density at radius 2 is 1.59 bits per heavy atom. The van der Waals surface area contributed by atoms with Crippen LogP contribution in [-0.2, 0) is 15.4 Å². The van der Waals surface area contributed by atoms with Crippen molar-refractivity contribution in [2.24, 2.45) is 0 Å². The van der Waals surface area contributed by atoms with Crippen LogP contribution in [0.5, 0.6) is 0 Å². The van der Waals surface area contributed by atoms with Crippen LogP contribution in [0, 0.1) is 0 Å². The monoisotopic (exact) mass is 429 g/mol. The lowest BCUT2D eigenvalue weighted by atomic mass is 9.87. The molecule has 2 aromatic carbocycles. The zero-order valence-corrected chi connectivity index (χ0v) is 17.9. The summed E-state index contributed by atoms with van der Waals surface area (Å²) in [6.45, 7) is 6.17. The fraction of sp³-hybridized carbons (Fsp3) is 0.182. The second kappa shape index (κ2) is 7.97. The fourth-order valence-corrected chi connectivity index (χ4v) is 4.08. The lowest BCUT2D eigenvalue weighted by Crippen LogP contribution is -2.17. The number of ketones is 1. The van der Waals surface area contributed by atoms with E-state index in [1.54, 1.807) is 48.8 Å². The molecular weight excluding hydrogens is 408 g/mol. The molecule has 1 heterocycles. The number of aromatic amines is 1. The molecule has 150 valence electrons. The Hall–Kier alpha value is -2.70. The lowest BCUT2D eigenvalue weighted by molar-refractivity contribution is -0.378. The Kier molecular flexibility index (Phi) is 5.78. The second-order valence-corrected chi connectivity index (χ2v) is 9.81. The maximum Gasteiger partial charge on any atom is 0.261 e. The van der Waals surface area contributed by atoms with Crippen LogP contribution in [-0.4, -0.2) is 14.2 Å². The van der Waals surface area contributed by atoms with Crippen LogP contribution < -0.4 is 9.71 Å². The van der Waals surface area contributed by atoms with E-state index in [4.69, 9.17) is 11.6 Å². The van der Waals surface area contributed by atoms with Gasteiger partial charge in [-0.3, -0.25) is 9.52 Å². The summed E-state index contributed by atoms with van der Waals surface area (Å²) in [7, 11) is -3.88. The van der Waals surface area contributed by atoms with E-state index in [9.17, 15) is 13.2 Å². The third-order valence-electron chi connectivity index (χ3n) is 4.48.